The fourth-order valence-electron chi connectivity index (χ4n) is 2.43. The fraction of sp³-hybridized carbons (Fsp3) is 0.500. The molecule has 21 heavy (non-hydrogen) atoms. The molecule has 114 valence electrons. The van der Waals surface area contributed by atoms with Gasteiger partial charge in [-0.2, -0.15) is 0 Å². The highest BCUT2D eigenvalue weighted by molar-refractivity contribution is 8.13. The first kappa shape index (κ1) is 15.9. The van der Waals surface area contributed by atoms with Crippen molar-refractivity contribution in [3.05, 3.63) is 35.9 Å². The molecule has 2 rings (SSSR count). The number of benzene rings is 1. The van der Waals surface area contributed by atoms with Gasteiger partial charge in [0, 0.05) is 25.3 Å². The van der Waals surface area contributed by atoms with Crippen LogP contribution in [0.1, 0.15) is 37.8 Å². The van der Waals surface area contributed by atoms with Crippen LogP contribution < -0.4 is 5.32 Å². The first-order valence-corrected chi connectivity index (χ1v) is 8.45. The number of thioether (sulfide) groups is 1. The molecule has 0 spiro atoms. The molecular formula is C16H22N2O2S. The fourth-order valence-corrected chi connectivity index (χ4v) is 3.28. The van der Waals surface area contributed by atoms with E-state index >= 15 is 0 Å². The van der Waals surface area contributed by atoms with Crippen LogP contribution in [0.15, 0.2) is 30.3 Å². The Labute approximate surface area is 130 Å². The molecule has 0 aliphatic carbocycles. The topological polar surface area (TPSA) is 49.4 Å². The summed E-state index contributed by atoms with van der Waals surface area (Å²) < 4.78 is 0. The van der Waals surface area contributed by atoms with Crippen molar-refractivity contribution < 1.29 is 9.59 Å². The van der Waals surface area contributed by atoms with Gasteiger partial charge in [-0.1, -0.05) is 55.4 Å². The molecule has 0 aromatic heterocycles. The van der Waals surface area contributed by atoms with E-state index in [1.165, 1.54) is 11.8 Å². The Balaban J connectivity index is 1.85. The van der Waals surface area contributed by atoms with Crippen LogP contribution in [0, 0.1) is 0 Å². The Morgan fingerprint density at radius 1 is 1.38 bits per heavy atom. The molecule has 5 heteroatoms. The molecule has 0 radical (unpaired) electrons. The van der Waals surface area contributed by atoms with Gasteiger partial charge >= 0.3 is 0 Å². The number of hydrogen-bond acceptors (Lipinski definition) is 3. The zero-order valence-electron chi connectivity index (χ0n) is 12.4. The number of carbonyl (C=O) groups is 2. The standard InChI is InChI=1S/C16H22N2O2S/c1-2-6-14(13-7-4-3-5-8-13)17-15(19)9-10-18-11-12-21-16(18)20/h3-5,7-8,14H,2,6,9-12H2,1H3,(H,17,19). The van der Waals surface area contributed by atoms with E-state index in [1.54, 1.807) is 4.90 Å². The molecule has 4 nitrogen and oxygen atoms in total. The van der Waals surface area contributed by atoms with Crippen molar-refractivity contribution >= 4 is 22.9 Å². The van der Waals surface area contributed by atoms with Crippen LogP contribution in [-0.2, 0) is 4.79 Å². The summed E-state index contributed by atoms with van der Waals surface area (Å²) in [5, 5.41) is 3.18. The average molecular weight is 306 g/mol. The highest BCUT2D eigenvalue weighted by Crippen LogP contribution is 2.19. The quantitative estimate of drug-likeness (QED) is 0.841. The third-order valence-electron chi connectivity index (χ3n) is 3.57. The van der Waals surface area contributed by atoms with E-state index in [4.69, 9.17) is 0 Å². The minimum absolute atomic E-state index is 0.0157. The van der Waals surface area contributed by atoms with Crippen LogP contribution in [0.3, 0.4) is 0 Å². The lowest BCUT2D eigenvalue weighted by molar-refractivity contribution is -0.122. The van der Waals surface area contributed by atoms with E-state index < -0.39 is 0 Å². The van der Waals surface area contributed by atoms with Crippen molar-refractivity contribution in [2.24, 2.45) is 0 Å². The van der Waals surface area contributed by atoms with Crippen molar-refractivity contribution in [1.29, 1.82) is 0 Å². The lowest BCUT2D eigenvalue weighted by Gasteiger charge is -2.20. The summed E-state index contributed by atoms with van der Waals surface area (Å²) >= 11 is 1.33. The molecule has 1 fully saturated rings. The van der Waals surface area contributed by atoms with E-state index in [-0.39, 0.29) is 17.2 Å². The van der Waals surface area contributed by atoms with Gasteiger partial charge in [0.25, 0.3) is 5.24 Å². The van der Waals surface area contributed by atoms with Gasteiger partial charge in [0.2, 0.25) is 5.91 Å². The summed E-state index contributed by atoms with van der Waals surface area (Å²) in [7, 11) is 0. The van der Waals surface area contributed by atoms with Crippen molar-refractivity contribution in [3.8, 4) is 0 Å². The zero-order valence-corrected chi connectivity index (χ0v) is 13.2. The van der Waals surface area contributed by atoms with Crippen LogP contribution in [0.2, 0.25) is 0 Å². The van der Waals surface area contributed by atoms with Crippen LogP contribution in [0.25, 0.3) is 0 Å². The molecule has 1 aromatic rings. The van der Waals surface area contributed by atoms with E-state index in [0.717, 1.165) is 30.7 Å². The Morgan fingerprint density at radius 2 is 2.14 bits per heavy atom. The maximum Gasteiger partial charge on any atom is 0.281 e. The van der Waals surface area contributed by atoms with Crippen LogP contribution >= 0.6 is 11.8 Å². The van der Waals surface area contributed by atoms with Gasteiger partial charge in [0.05, 0.1) is 6.04 Å². The molecule has 1 aromatic carbocycles. The second kappa shape index (κ2) is 8.08. The summed E-state index contributed by atoms with van der Waals surface area (Å²) in [5.41, 5.74) is 1.14. The predicted octanol–water partition coefficient (Wildman–Crippen LogP) is 3.20. The zero-order chi connectivity index (χ0) is 15.1. The van der Waals surface area contributed by atoms with Gasteiger partial charge in [0.15, 0.2) is 0 Å². The van der Waals surface area contributed by atoms with E-state index in [2.05, 4.69) is 12.2 Å². The maximum absolute atomic E-state index is 12.1. The number of nitrogens with one attached hydrogen (secondary N) is 1. The third-order valence-corrected chi connectivity index (χ3v) is 4.46. The summed E-state index contributed by atoms with van der Waals surface area (Å²) in [4.78, 5) is 25.4. The first-order valence-electron chi connectivity index (χ1n) is 7.46. The summed E-state index contributed by atoms with van der Waals surface area (Å²) in [6, 6.07) is 10.1. The highest BCUT2D eigenvalue weighted by Gasteiger charge is 2.22. The SMILES string of the molecule is CCCC(NC(=O)CCN1CCSC1=O)c1ccccc1. The van der Waals surface area contributed by atoms with E-state index in [0.29, 0.717) is 13.0 Å². The molecule has 1 N–H and O–H groups in total. The molecule has 1 aliphatic heterocycles. The second-order valence-electron chi connectivity index (χ2n) is 5.17. The Hall–Kier alpha value is -1.49. The molecule has 2 amide bonds. The van der Waals surface area contributed by atoms with Gasteiger partial charge in [-0.25, -0.2) is 0 Å². The summed E-state index contributed by atoms with van der Waals surface area (Å²) in [6.45, 7) is 3.39. The van der Waals surface area contributed by atoms with Gasteiger partial charge in [-0.15, -0.1) is 0 Å². The van der Waals surface area contributed by atoms with Crippen molar-refractivity contribution in [2.75, 3.05) is 18.8 Å². The Morgan fingerprint density at radius 3 is 2.76 bits per heavy atom. The normalized spacial score (nSPS) is 16.0. The maximum atomic E-state index is 12.1. The minimum atomic E-state index is 0.0157. The molecule has 1 aliphatic rings. The number of carbonyl (C=O) groups excluding carboxylic acids is 2. The largest absolute Gasteiger partial charge is 0.349 e. The average Bonchev–Trinajstić information content (AvgIpc) is 2.91. The van der Waals surface area contributed by atoms with Crippen LogP contribution in [0.4, 0.5) is 4.79 Å². The number of amides is 2. The molecular weight excluding hydrogens is 284 g/mol. The lowest BCUT2D eigenvalue weighted by atomic mass is 10.0. The highest BCUT2D eigenvalue weighted by atomic mass is 32.2. The number of hydrogen-bond donors (Lipinski definition) is 1. The Bertz CT molecular complexity index is 478. The summed E-state index contributed by atoms with van der Waals surface area (Å²) in [6.07, 6.45) is 2.31. The van der Waals surface area contributed by atoms with E-state index in [9.17, 15) is 9.59 Å². The smallest absolute Gasteiger partial charge is 0.281 e. The van der Waals surface area contributed by atoms with Gasteiger partial charge < -0.3 is 10.2 Å². The monoisotopic (exact) mass is 306 g/mol. The number of rotatable bonds is 7. The van der Waals surface area contributed by atoms with Crippen molar-refractivity contribution in [1.82, 2.24) is 10.2 Å². The first-order chi connectivity index (χ1) is 10.2. The van der Waals surface area contributed by atoms with Crippen molar-refractivity contribution in [2.45, 2.75) is 32.2 Å². The Kier molecular flexibility index (Phi) is 6.11. The molecule has 1 saturated heterocycles. The minimum Gasteiger partial charge on any atom is -0.349 e. The molecule has 1 atom stereocenters. The number of nitrogens with zero attached hydrogens (tertiary/aromatic N) is 1. The van der Waals surface area contributed by atoms with E-state index in [1.807, 2.05) is 30.3 Å². The molecule has 1 heterocycles. The van der Waals surface area contributed by atoms with Gasteiger partial charge in [-0.05, 0) is 12.0 Å². The van der Waals surface area contributed by atoms with Crippen LogP contribution in [-0.4, -0.2) is 34.9 Å². The van der Waals surface area contributed by atoms with Crippen LogP contribution in [0.5, 0.6) is 0 Å². The molecule has 0 saturated carbocycles. The summed E-state index contributed by atoms with van der Waals surface area (Å²) in [5.74, 6) is 0.852. The van der Waals surface area contributed by atoms with Gasteiger partial charge in [-0.3, -0.25) is 9.59 Å². The lowest BCUT2D eigenvalue weighted by Crippen LogP contribution is -2.33. The third kappa shape index (κ3) is 4.77. The predicted molar refractivity (Wildman–Crippen MR) is 86.3 cm³/mol. The van der Waals surface area contributed by atoms with Gasteiger partial charge in [0.1, 0.15) is 0 Å². The molecule has 1 unspecified atom stereocenters. The second-order valence-corrected chi connectivity index (χ2v) is 6.22. The van der Waals surface area contributed by atoms with Crippen molar-refractivity contribution in [3.63, 3.8) is 0 Å². The molecule has 0 bridgehead atoms.